The van der Waals surface area contributed by atoms with Gasteiger partial charge in [0.05, 0.1) is 23.5 Å². The SMILES string of the molecule is COC(=O)CCCCCCCCCCNC(=O)c1nn(-c2ccc(Cl)cc2Cl)c(-c2ccc(Cl)cc2)c1C. The Bertz CT molecular complexity index is 1230. The van der Waals surface area contributed by atoms with Crippen molar-refractivity contribution < 1.29 is 14.3 Å². The largest absolute Gasteiger partial charge is 0.469 e. The van der Waals surface area contributed by atoms with Crippen LogP contribution in [0.15, 0.2) is 42.5 Å². The maximum Gasteiger partial charge on any atom is 0.305 e. The van der Waals surface area contributed by atoms with E-state index in [1.165, 1.54) is 7.11 Å². The number of nitrogens with one attached hydrogen (secondary N) is 1. The Morgan fingerprint density at radius 3 is 2.11 bits per heavy atom. The quantitative estimate of drug-likeness (QED) is 0.154. The third-order valence-electron chi connectivity index (χ3n) is 6.41. The van der Waals surface area contributed by atoms with Gasteiger partial charge in [-0.3, -0.25) is 9.59 Å². The zero-order valence-corrected chi connectivity index (χ0v) is 24.1. The number of hydrogen-bond acceptors (Lipinski definition) is 4. The molecule has 0 aliphatic carbocycles. The topological polar surface area (TPSA) is 73.2 Å². The molecule has 9 heteroatoms. The van der Waals surface area contributed by atoms with E-state index in [4.69, 9.17) is 34.8 Å². The van der Waals surface area contributed by atoms with Crippen LogP contribution in [-0.2, 0) is 9.53 Å². The molecule has 3 rings (SSSR count). The fourth-order valence-corrected chi connectivity index (χ4v) is 4.94. The van der Waals surface area contributed by atoms with E-state index >= 15 is 0 Å². The van der Waals surface area contributed by atoms with Gasteiger partial charge >= 0.3 is 5.97 Å². The summed E-state index contributed by atoms with van der Waals surface area (Å²) in [6, 6.07) is 12.6. The number of benzene rings is 2. The van der Waals surface area contributed by atoms with E-state index in [0.717, 1.165) is 68.2 Å². The molecule has 0 aliphatic rings. The first kappa shape index (κ1) is 30.0. The maximum atomic E-state index is 13.1. The van der Waals surface area contributed by atoms with Crippen LogP contribution in [0, 0.1) is 6.92 Å². The highest BCUT2D eigenvalue weighted by Gasteiger charge is 2.23. The Balaban J connectivity index is 1.56. The number of halogens is 3. The fourth-order valence-electron chi connectivity index (χ4n) is 4.33. The zero-order chi connectivity index (χ0) is 27.5. The second kappa shape index (κ2) is 15.2. The minimum Gasteiger partial charge on any atom is -0.469 e. The van der Waals surface area contributed by atoms with Crippen molar-refractivity contribution in [2.75, 3.05) is 13.7 Å². The summed E-state index contributed by atoms with van der Waals surface area (Å²) in [5.41, 5.74) is 3.38. The predicted octanol–water partition coefficient (Wildman–Crippen LogP) is 8.22. The van der Waals surface area contributed by atoms with Crippen LogP contribution in [0.3, 0.4) is 0 Å². The summed E-state index contributed by atoms with van der Waals surface area (Å²) in [6.07, 6.45) is 8.95. The van der Waals surface area contributed by atoms with Crippen LogP contribution in [-0.4, -0.2) is 35.3 Å². The van der Waals surface area contributed by atoms with Crippen molar-refractivity contribution in [3.05, 3.63) is 68.8 Å². The van der Waals surface area contributed by atoms with Gasteiger partial charge in [-0.1, -0.05) is 85.5 Å². The number of unbranched alkanes of at least 4 members (excludes halogenated alkanes) is 7. The van der Waals surface area contributed by atoms with E-state index in [2.05, 4.69) is 15.2 Å². The number of aromatic nitrogens is 2. The van der Waals surface area contributed by atoms with Gasteiger partial charge in [0, 0.05) is 34.1 Å². The minimum atomic E-state index is -0.216. The fraction of sp³-hybridized carbons (Fsp3) is 0.414. The van der Waals surface area contributed by atoms with E-state index in [1.54, 1.807) is 35.0 Å². The average Bonchev–Trinajstić information content (AvgIpc) is 3.24. The molecule has 0 spiro atoms. The van der Waals surface area contributed by atoms with E-state index in [-0.39, 0.29) is 11.9 Å². The highest BCUT2D eigenvalue weighted by Crippen LogP contribution is 2.33. The van der Waals surface area contributed by atoms with E-state index in [0.29, 0.717) is 39.4 Å². The van der Waals surface area contributed by atoms with Crippen molar-refractivity contribution in [2.45, 2.75) is 64.7 Å². The molecule has 1 N–H and O–H groups in total. The number of ether oxygens (including phenoxy) is 1. The molecule has 2 aromatic carbocycles. The number of rotatable bonds is 14. The molecule has 38 heavy (non-hydrogen) atoms. The lowest BCUT2D eigenvalue weighted by molar-refractivity contribution is -0.140. The number of nitrogens with zero attached hydrogens (tertiary/aromatic N) is 2. The monoisotopic (exact) mass is 577 g/mol. The van der Waals surface area contributed by atoms with Gasteiger partial charge in [-0.15, -0.1) is 0 Å². The second-order valence-electron chi connectivity index (χ2n) is 9.25. The molecule has 0 aliphatic heterocycles. The van der Waals surface area contributed by atoms with Gasteiger partial charge in [-0.2, -0.15) is 5.10 Å². The molecular formula is C29H34Cl3N3O3. The van der Waals surface area contributed by atoms with Gasteiger partial charge in [0.1, 0.15) is 0 Å². The van der Waals surface area contributed by atoms with E-state index < -0.39 is 0 Å². The van der Waals surface area contributed by atoms with E-state index in [9.17, 15) is 9.59 Å². The molecule has 3 aromatic rings. The third-order valence-corrected chi connectivity index (χ3v) is 7.20. The highest BCUT2D eigenvalue weighted by atomic mass is 35.5. The zero-order valence-electron chi connectivity index (χ0n) is 21.9. The molecule has 0 saturated carbocycles. The number of amides is 1. The van der Waals surface area contributed by atoms with Crippen molar-refractivity contribution in [3.63, 3.8) is 0 Å². The Hall–Kier alpha value is -2.54. The molecular weight excluding hydrogens is 545 g/mol. The summed E-state index contributed by atoms with van der Waals surface area (Å²) >= 11 is 18.7. The number of carbonyl (C=O) groups is 2. The lowest BCUT2D eigenvalue weighted by Gasteiger charge is -2.11. The summed E-state index contributed by atoms with van der Waals surface area (Å²) in [5, 5.41) is 9.26. The molecule has 0 fully saturated rings. The molecule has 1 heterocycles. The molecule has 0 unspecified atom stereocenters. The van der Waals surface area contributed by atoms with Gasteiger partial charge < -0.3 is 10.1 Å². The van der Waals surface area contributed by atoms with Crippen LogP contribution in [0.1, 0.15) is 73.8 Å². The molecule has 6 nitrogen and oxygen atoms in total. The van der Waals surface area contributed by atoms with Crippen LogP contribution in [0.4, 0.5) is 0 Å². The first-order valence-corrected chi connectivity index (χ1v) is 14.1. The van der Waals surface area contributed by atoms with Crippen molar-refractivity contribution >= 4 is 46.7 Å². The number of hydrogen-bond donors (Lipinski definition) is 1. The van der Waals surface area contributed by atoms with Crippen molar-refractivity contribution in [1.82, 2.24) is 15.1 Å². The van der Waals surface area contributed by atoms with Gasteiger partial charge in [0.15, 0.2) is 5.69 Å². The molecule has 0 saturated heterocycles. The summed E-state index contributed by atoms with van der Waals surface area (Å²) in [4.78, 5) is 24.2. The van der Waals surface area contributed by atoms with Gasteiger partial charge in [0.2, 0.25) is 0 Å². The lowest BCUT2D eigenvalue weighted by atomic mass is 10.1. The Kier molecular flexibility index (Phi) is 12.0. The Morgan fingerprint density at radius 1 is 0.868 bits per heavy atom. The summed E-state index contributed by atoms with van der Waals surface area (Å²) in [5.74, 6) is -0.351. The molecule has 0 atom stereocenters. The van der Waals surface area contributed by atoms with Crippen molar-refractivity contribution in [2.24, 2.45) is 0 Å². The van der Waals surface area contributed by atoms with Gasteiger partial charge in [-0.25, -0.2) is 4.68 Å². The summed E-state index contributed by atoms with van der Waals surface area (Å²) in [6.45, 7) is 2.47. The normalized spacial score (nSPS) is 11.0. The summed E-state index contributed by atoms with van der Waals surface area (Å²) in [7, 11) is 1.43. The van der Waals surface area contributed by atoms with Crippen LogP contribution >= 0.6 is 34.8 Å². The predicted molar refractivity (Wildman–Crippen MR) is 155 cm³/mol. The lowest BCUT2D eigenvalue weighted by Crippen LogP contribution is -2.25. The molecule has 1 amide bonds. The van der Waals surface area contributed by atoms with Gasteiger partial charge in [-0.05, 0) is 50.1 Å². The standard InChI is InChI=1S/C29H34Cl3N3O3/c1-20-27(29(37)33-18-10-8-6-4-3-5-7-9-11-26(36)38-2)34-35(25-17-16-23(31)19-24(25)32)28(20)21-12-14-22(30)15-13-21/h12-17,19H,3-11,18H2,1-2H3,(H,33,37). The van der Waals surface area contributed by atoms with E-state index in [1.807, 2.05) is 19.1 Å². The van der Waals surface area contributed by atoms with Gasteiger partial charge in [0.25, 0.3) is 5.91 Å². The second-order valence-corrected chi connectivity index (χ2v) is 10.5. The molecule has 1 aromatic heterocycles. The summed E-state index contributed by atoms with van der Waals surface area (Å²) < 4.78 is 6.35. The highest BCUT2D eigenvalue weighted by molar-refractivity contribution is 6.35. The molecule has 0 bridgehead atoms. The average molecular weight is 579 g/mol. The maximum absolute atomic E-state index is 13.1. The third kappa shape index (κ3) is 8.48. The number of methoxy groups -OCH3 is 1. The minimum absolute atomic E-state index is 0.135. The van der Waals surface area contributed by atoms with Crippen LogP contribution in [0.25, 0.3) is 16.9 Å². The Labute approximate surface area is 239 Å². The van der Waals surface area contributed by atoms with Crippen LogP contribution in [0.5, 0.6) is 0 Å². The number of esters is 1. The first-order chi connectivity index (χ1) is 18.3. The molecule has 204 valence electrons. The smallest absolute Gasteiger partial charge is 0.305 e. The molecule has 0 radical (unpaired) electrons. The van der Waals surface area contributed by atoms with Crippen LogP contribution < -0.4 is 5.32 Å². The number of carbonyl (C=O) groups excluding carboxylic acids is 2. The van der Waals surface area contributed by atoms with Crippen molar-refractivity contribution in [3.8, 4) is 16.9 Å². The Morgan fingerprint density at radius 2 is 1.47 bits per heavy atom. The van der Waals surface area contributed by atoms with Crippen LogP contribution in [0.2, 0.25) is 15.1 Å². The first-order valence-electron chi connectivity index (χ1n) is 13.0. The van der Waals surface area contributed by atoms with Crippen molar-refractivity contribution in [1.29, 1.82) is 0 Å².